The van der Waals surface area contributed by atoms with Crippen molar-refractivity contribution in [2.24, 2.45) is 0 Å². The monoisotopic (exact) mass is 588 g/mol. The average molecular weight is 590 g/mol. The summed E-state index contributed by atoms with van der Waals surface area (Å²) in [6.45, 7) is 0.0996. The van der Waals surface area contributed by atoms with E-state index >= 15 is 0 Å². The summed E-state index contributed by atoms with van der Waals surface area (Å²) < 4.78 is 0. The number of halogens is 2. The van der Waals surface area contributed by atoms with Crippen LogP contribution in [0.15, 0.2) is 91.0 Å². The SMILES string of the molecule is N#Cc1ccccc1-c1ccc(CN(C(=O)c2ccc(Cl)cc2Cl)c2cc(-c3ccccc3)sc2C(=O)O)s1. The maximum absolute atomic E-state index is 14.0. The third kappa shape index (κ3) is 5.60. The Bertz CT molecular complexity index is 1740. The number of amides is 1. The van der Waals surface area contributed by atoms with Crippen molar-refractivity contribution in [1.82, 2.24) is 0 Å². The quantitative estimate of drug-likeness (QED) is 0.206. The van der Waals surface area contributed by atoms with Crippen molar-refractivity contribution in [3.05, 3.63) is 122 Å². The van der Waals surface area contributed by atoms with Gasteiger partial charge in [0.2, 0.25) is 0 Å². The van der Waals surface area contributed by atoms with Crippen LogP contribution in [0.1, 0.15) is 30.5 Å². The number of hydrogen-bond acceptors (Lipinski definition) is 5. The number of nitrogens with zero attached hydrogens (tertiary/aromatic N) is 2. The zero-order valence-electron chi connectivity index (χ0n) is 20.1. The van der Waals surface area contributed by atoms with E-state index in [2.05, 4.69) is 6.07 Å². The minimum absolute atomic E-state index is 0.0406. The van der Waals surface area contributed by atoms with Gasteiger partial charge < -0.3 is 10.0 Å². The summed E-state index contributed by atoms with van der Waals surface area (Å²) in [6, 6.07) is 29.0. The highest BCUT2D eigenvalue weighted by Crippen LogP contribution is 2.40. The van der Waals surface area contributed by atoms with E-state index in [1.165, 1.54) is 28.4 Å². The zero-order valence-corrected chi connectivity index (χ0v) is 23.2. The molecule has 0 saturated carbocycles. The number of hydrogen-bond donors (Lipinski definition) is 1. The van der Waals surface area contributed by atoms with Gasteiger partial charge in [-0.2, -0.15) is 5.26 Å². The number of thiophene rings is 2. The van der Waals surface area contributed by atoms with E-state index < -0.39 is 11.9 Å². The number of carbonyl (C=O) groups excluding carboxylic acids is 1. The number of anilines is 1. The number of carboxylic acid groups (broad SMARTS) is 1. The van der Waals surface area contributed by atoms with E-state index in [9.17, 15) is 20.0 Å². The Labute approximate surface area is 242 Å². The van der Waals surface area contributed by atoms with E-state index in [1.54, 1.807) is 24.3 Å². The van der Waals surface area contributed by atoms with E-state index in [1.807, 2.05) is 54.6 Å². The highest BCUT2D eigenvalue weighted by Gasteiger charge is 2.28. The molecular formula is C30H18Cl2N2O3S2. The highest BCUT2D eigenvalue weighted by atomic mass is 35.5. The van der Waals surface area contributed by atoms with Crippen molar-refractivity contribution >= 4 is 63.4 Å². The standard InChI is InChI=1S/C30H18Cl2N2O3S2/c31-20-10-12-23(24(32)14-20)29(35)34(17-21-11-13-26(38-21)22-9-5-4-8-19(22)16-33)25-15-27(39-28(25)30(36)37)18-6-2-1-3-7-18/h1-15H,17H2,(H,36,37). The summed E-state index contributed by atoms with van der Waals surface area (Å²) in [7, 11) is 0. The average Bonchev–Trinajstić information content (AvgIpc) is 3.60. The van der Waals surface area contributed by atoms with Crippen LogP contribution in [0.25, 0.3) is 20.9 Å². The summed E-state index contributed by atoms with van der Waals surface area (Å²) in [5.74, 6) is -1.59. The molecule has 1 amide bonds. The summed E-state index contributed by atoms with van der Waals surface area (Å²) in [5.41, 5.74) is 2.67. The predicted octanol–water partition coefficient (Wildman–Crippen LogP) is 8.87. The molecule has 39 heavy (non-hydrogen) atoms. The lowest BCUT2D eigenvalue weighted by molar-refractivity contribution is 0.0703. The lowest BCUT2D eigenvalue weighted by Crippen LogP contribution is -2.31. The maximum atomic E-state index is 14.0. The molecule has 9 heteroatoms. The Morgan fingerprint density at radius 2 is 1.62 bits per heavy atom. The first kappa shape index (κ1) is 26.7. The molecule has 0 spiro atoms. The molecule has 192 valence electrons. The van der Waals surface area contributed by atoms with Crippen molar-refractivity contribution in [2.45, 2.75) is 6.54 Å². The third-order valence-electron chi connectivity index (χ3n) is 5.95. The van der Waals surface area contributed by atoms with Crippen molar-refractivity contribution in [3.63, 3.8) is 0 Å². The molecular weight excluding hydrogens is 571 g/mol. The van der Waals surface area contributed by atoms with Crippen molar-refractivity contribution in [3.8, 4) is 27.0 Å². The number of rotatable bonds is 7. The molecule has 0 saturated heterocycles. The Kier molecular flexibility index (Phi) is 7.82. The lowest BCUT2D eigenvalue weighted by Gasteiger charge is -2.23. The van der Waals surface area contributed by atoms with E-state index in [4.69, 9.17) is 23.2 Å². The molecule has 1 N–H and O–H groups in total. The third-order valence-corrected chi connectivity index (χ3v) is 8.76. The first-order chi connectivity index (χ1) is 18.9. The van der Waals surface area contributed by atoms with Crippen LogP contribution in [0.5, 0.6) is 0 Å². The van der Waals surface area contributed by atoms with Gasteiger partial charge in [0.25, 0.3) is 5.91 Å². The fourth-order valence-electron chi connectivity index (χ4n) is 4.11. The van der Waals surface area contributed by atoms with Gasteiger partial charge in [0.1, 0.15) is 4.88 Å². The van der Waals surface area contributed by atoms with Crippen LogP contribution in [0, 0.1) is 11.3 Å². The van der Waals surface area contributed by atoms with Gasteiger partial charge in [-0.3, -0.25) is 4.79 Å². The van der Waals surface area contributed by atoms with Gasteiger partial charge >= 0.3 is 5.97 Å². The van der Waals surface area contributed by atoms with Gasteiger partial charge in [-0.15, -0.1) is 22.7 Å². The Hall–Kier alpha value is -3.93. The summed E-state index contributed by atoms with van der Waals surface area (Å²) in [5, 5.41) is 20.2. The molecule has 0 aliphatic carbocycles. The summed E-state index contributed by atoms with van der Waals surface area (Å²) >= 11 is 15.0. The van der Waals surface area contributed by atoms with Crippen LogP contribution in [0.4, 0.5) is 5.69 Å². The summed E-state index contributed by atoms with van der Waals surface area (Å²) in [4.78, 5) is 30.2. The molecule has 0 fully saturated rings. The molecule has 0 bridgehead atoms. The second-order valence-corrected chi connectivity index (χ2v) is 11.5. The van der Waals surface area contributed by atoms with Gasteiger partial charge in [-0.25, -0.2) is 4.79 Å². The fourth-order valence-corrected chi connectivity index (χ4v) is 6.64. The van der Waals surface area contributed by atoms with Crippen molar-refractivity contribution < 1.29 is 14.7 Å². The van der Waals surface area contributed by atoms with Crippen LogP contribution in [0.2, 0.25) is 10.0 Å². The largest absolute Gasteiger partial charge is 0.477 e. The second kappa shape index (κ2) is 11.4. The van der Waals surface area contributed by atoms with Crippen molar-refractivity contribution in [2.75, 3.05) is 4.90 Å². The highest BCUT2D eigenvalue weighted by molar-refractivity contribution is 7.18. The molecule has 5 rings (SSSR count). The minimum Gasteiger partial charge on any atom is -0.477 e. The Morgan fingerprint density at radius 3 is 2.33 bits per heavy atom. The molecule has 5 aromatic rings. The van der Waals surface area contributed by atoms with Crippen LogP contribution < -0.4 is 4.90 Å². The predicted molar refractivity (Wildman–Crippen MR) is 158 cm³/mol. The van der Waals surface area contributed by atoms with Gasteiger partial charge in [-0.05, 0) is 48.0 Å². The van der Waals surface area contributed by atoms with E-state index in [0.29, 0.717) is 10.6 Å². The molecule has 3 aromatic carbocycles. The molecule has 0 aliphatic rings. The van der Waals surface area contributed by atoms with Gasteiger partial charge in [0, 0.05) is 25.2 Å². The number of aromatic carboxylic acids is 1. The molecule has 2 heterocycles. The number of nitriles is 1. The lowest BCUT2D eigenvalue weighted by atomic mass is 10.1. The first-order valence-corrected chi connectivity index (χ1v) is 14.0. The number of carboxylic acids is 1. The normalized spacial score (nSPS) is 10.7. The number of benzene rings is 3. The minimum atomic E-state index is -1.13. The van der Waals surface area contributed by atoms with E-state index in [0.717, 1.165) is 37.1 Å². The van der Waals surface area contributed by atoms with Crippen LogP contribution >= 0.6 is 45.9 Å². The van der Waals surface area contributed by atoms with Gasteiger partial charge in [-0.1, -0.05) is 71.7 Å². The van der Waals surface area contributed by atoms with Crippen LogP contribution in [-0.4, -0.2) is 17.0 Å². The smallest absolute Gasteiger partial charge is 0.348 e. The Morgan fingerprint density at radius 1 is 0.872 bits per heavy atom. The zero-order chi connectivity index (χ0) is 27.5. The first-order valence-electron chi connectivity index (χ1n) is 11.6. The second-order valence-electron chi connectivity index (χ2n) is 8.44. The molecule has 5 nitrogen and oxygen atoms in total. The van der Waals surface area contributed by atoms with Gasteiger partial charge in [0.15, 0.2) is 0 Å². The summed E-state index contributed by atoms with van der Waals surface area (Å²) in [6.07, 6.45) is 0. The maximum Gasteiger partial charge on any atom is 0.348 e. The van der Waals surface area contributed by atoms with Gasteiger partial charge in [0.05, 0.1) is 34.5 Å². The van der Waals surface area contributed by atoms with Crippen LogP contribution in [0.3, 0.4) is 0 Å². The van der Waals surface area contributed by atoms with E-state index in [-0.39, 0.29) is 27.7 Å². The molecule has 0 aliphatic heterocycles. The molecule has 0 unspecified atom stereocenters. The number of carbonyl (C=O) groups is 2. The Balaban J connectivity index is 1.61. The molecule has 0 radical (unpaired) electrons. The molecule has 0 atom stereocenters. The topological polar surface area (TPSA) is 81.4 Å². The fraction of sp³-hybridized carbons (Fsp3) is 0.0333. The molecule has 2 aromatic heterocycles. The van der Waals surface area contributed by atoms with Crippen molar-refractivity contribution in [1.29, 1.82) is 5.26 Å². The van der Waals surface area contributed by atoms with Crippen LogP contribution in [-0.2, 0) is 6.54 Å².